The van der Waals surface area contributed by atoms with E-state index in [1.165, 1.54) is 26.4 Å². The SMILES string of the molecule is COC(=O)CN(c1cccc(OC)c1)S(=O)(=O)c1ccccc1. The first-order valence-electron chi connectivity index (χ1n) is 6.77. The first-order chi connectivity index (χ1) is 11.0. The van der Waals surface area contributed by atoms with E-state index >= 15 is 0 Å². The number of anilines is 1. The summed E-state index contributed by atoms with van der Waals surface area (Å²) in [6.45, 7) is -0.430. The van der Waals surface area contributed by atoms with Gasteiger partial charge in [-0.05, 0) is 24.3 Å². The molecule has 0 aliphatic carbocycles. The molecule has 2 rings (SSSR count). The van der Waals surface area contributed by atoms with Gasteiger partial charge in [0.05, 0.1) is 24.8 Å². The van der Waals surface area contributed by atoms with Crippen molar-refractivity contribution in [1.29, 1.82) is 0 Å². The van der Waals surface area contributed by atoms with Crippen LogP contribution in [-0.2, 0) is 19.6 Å². The van der Waals surface area contributed by atoms with Gasteiger partial charge in [-0.15, -0.1) is 0 Å². The third kappa shape index (κ3) is 3.81. The number of rotatable bonds is 6. The summed E-state index contributed by atoms with van der Waals surface area (Å²) in [7, 11) is -1.22. The fourth-order valence-electron chi connectivity index (χ4n) is 1.98. The maximum Gasteiger partial charge on any atom is 0.326 e. The molecule has 0 bridgehead atoms. The molecular formula is C16H17NO5S. The molecule has 0 saturated heterocycles. The van der Waals surface area contributed by atoms with Gasteiger partial charge < -0.3 is 9.47 Å². The second kappa shape index (κ2) is 7.15. The van der Waals surface area contributed by atoms with Crippen LogP contribution in [0.2, 0.25) is 0 Å². The number of hydrogen-bond donors (Lipinski definition) is 0. The molecule has 122 valence electrons. The number of carbonyl (C=O) groups excluding carboxylic acids is 1. The monoisotopic (exact) mass is 335 g/mol. The molecular weight excluding hydrogens is 318 g/mol. The second-order valence-corrected chi connectivity index (χ2v) is 6.46. The summed E-state index contributed by atoms with van der Waals surface area (Å²) in [5.41, 5.74) is 0.318. The molecule has 0 spiro atoms. The summed E-state index contributed by atoms with van der Waals surface area (Å²) in [6.07, 6.45) is 0. The highest BCUT2D eigenvalue weighted by Crippen LogP contribution is 2.26. The Morgan fingerprint density at radius 2 is 1.74 bits per heavy atom. The number of methoxy groups -OCH3 is 2. The van der Waals surface area contributed by atoms with E-state index in [4.69, 9.17) is 4.74 Å². The summed E-state index contributed by atoms with van der Waals surface area (Å²) in [5.74, 6) is -0.173. The molecule has 0 saturated carbocycles. The number of ether oxygens (including phenoxy) is 2. The third-order valence-corrected chi connectivity index (χ3v) is 4.96. The molecule has 0 aliphatic rings. The zero-order chi connectivity index (χ0) is 16.9. The van der Waals surface area contributed by atoms with E-state index < -0.39 is 22.5 Å². The normalized spacial score (nSPS) is 10.9. The zero-order valence-electron chi connectivity index (χ0n) is 12.8. The molecule has 0 N–H and O–H groups in total. The maximum atomic E-state index is 12.9. The number of carbonyl (C=O) groups is 1. The second-order valence-electron chi connectivity index (χ2n) is 4.60. The minimum Gasteiger partial charge on any atom is -0.497 e. The van der Waals surface area contributed by atoms with Gasteiger partial charge in [0.2, 0.25) is 0 Å². The molecule has 0 atom stereocenters. The van der Waals surface area contributed by atoms with Gasteiger partial charge in [0.25, 0.3) is 10.0 Å². The summed E-state index contributed by atoms with van der Waals surface area (Å²) in [5, 5.41) is 0. The van der Waals surface area contributed by atoms with Crippen LogP contribution in [0.4, 0.5) is 5.69 Å². The van der Waals surface area contributed by atoms with Crippen LogP contribution >= 0.6 is 0 Å². The average Bonchev–Trinajstić information content (AvgIpc) is 2.60. The summed E-state index contributed by atoms with van der Waals surface area (Å²) in [4.78, 5) is 11.8. The predicted octanol–water partition coefficient (Wildman–Crippen LogP) is 2.06. The van der Waals surface area contributed by atoms with Crippen molar-refractivity contribution >= 4 is 21.7 Å². The van der Waals surface area contributed by atoms with Crippen LogP contribution in [-0.4, -0.2) is 35.2 Å². The van der Waals surface area contributed by atoms with Gasteiger partial charge in [-0.1, -0.05) is 24.3 Å². The Bertz CT molecular complexity index is 774. The smallest absolute Gasteiger partial charge is 0.326 e. The van der Waals surface area contributed by atoms with Crippen molar-refractivity contribution in [2.75, 3.05) is 25.1 Å². The highest BCUT2D eigenvalue weighted by molar-refractivity contribution is 7.92. The molecule has 0 aromatic heterocycles. The lowest BCUT2D eigenvalue weighted by Crippen LogP contribution is -2.36. The minimum atomic E-state index is -3.91. The van der Waals surface area contributed by atoms with E-state index in [2.05, 4.69) is 4.74 Å². The van der Waals surface area contributed by atoms with Gasteiger partial charge in [0.1, 0.15) is 12.3 Å². The van der Waals surface area contributed by atoms with Crippen LogP contribution in [0.1, 0.15) is 0 Å². The summed E-state index contributed by atoms with van der Waals surface area (Å²) < 4.78 is 36.4. The van der Waals surface area contributed by atoms with Crippen LogP contribution in [0.5, 0.6) is 5.75 Å². The molecule has 0 fully saturated rings. The van der Waals surface area contributed by atoms with Crippen LogP contribution in [0.15, 0.2) is 59.5 Å². The fraction of sp³-hybridized carbons (Fsp3) is 0.188. The first-order valence-corrected chi connectivity index (χ1v) is 8.21. The van der Waals surface area contributed by atoms with Crippen molar-refractivity contribution in [2.45, 2.75) is 4.90 Å². The molecule has 23 heavy (non-hydrogen) atoms. The van der Waals surface area contributed by atoms with Crippen LogP contribution in [0, 0.1) is 0 Å². The minimum absolute atomic E-state index is 0.0896. The van der Waals surface area contributed by atoms with Crippen LogP contribution in [0.25, 0.3) is 0 Å². The molecule has 0 heterocycles. The lowest BCUT2D eigenvalue weighted by atomic mass is 10.3. The average molecular weight is 335 g/mol. The molecule has 0 radical (unpaired) electrons. The third-order valence-electron chi connectivity index (χ3n) is 3.17. The molecule has 0 aliphatic heterocycles. The standard InChI is InChI=1S/C16H17NO5S/c1-21-14-8-6-7-13(11-14)17(12-16(18)22-2)23(19,20)15-9-4-3-5-10-15/h3-11H,12H2,1-2H3. The molecule has 2 aromatic carbocycles. The summed E-state index contributed by atoms with van der Waals surface area (Å²) in [6, 6.07) is 14.4. The van der Waals surface area contributed by atoms with E-state index in [0.717, 1.165) is 4.31 Å². The molecule has 0 unspecified atom stereocenters. The van der Waals surface area contributed by atoms with Crippen molar-refractivity contribution in [2.24, 2.45) is 0 Å². The lowest BCUT2D eigenvalue weighted by molar-refractivity contribution is -0.138. The lowest BCUT2D eigenvalue weighted by Gasteiger charge is -2.23. The van der Waals surface area contributed by atoms with E-state index in [1.54, 1.807) is 42.5 Å². The van der Waals surface area contributed by atoms with Gasteiger partial charge >= 0.3 is 5.97 Å². The van der Waals surface area contributed by atoms with Crippen molar-refractivity contribution in [3.8, 4) is 5.75 Å². The largest absolute Gasteiger partial charge is 0.497 e. The Kier molecular flexibility index (Phi) is 5.23. The maximum absolute atomic E-state index is 12.9. The highest BCUT2D eigenvalue weighted by Gasteiger charge is 2.27. The molecule has 0 amide bonds. The Balaban J connectivity index is 2.51. The molecule has 2 aromatic rings. The van der Waals surface area contributed by atoms with Gasteiger partial charge in [-0.3, -0.25) is 9.10 Å². The van der Waals surface area contributed by atoms with Gasteiger partial charge in [-0.2, -0.15) is 0 Å². The van der Waals surface area contributed by atoms with Crippen molar-refractivity contribution < 1.29 is 22.7 Å². The number of esters is 1. The molecule has 7 heteroatoms. The van der Waals surface area contributed by atoms with E-state index in [0.29, 0.717) is 11.4 Å². The van der Waals surface area contributed by atoms with E-state index in [9.17, 15) is 13.2 Å². The first kappa shape index (κ1) is 16.8. The number of nitrogens with zero attached hydrogens (tertiary/aromatic N) is 1. The number of benzene rings is 2. The summed E-state index contributed by atoms with van der Waals surface area (Å²) >= 11 is 0. The fourth-order valence-corrected chi connectivity index (χ4v) is 3.40. The number of hydrogen-bond acceptors (Lipinski definition) is 5. The van der Waals surface area contributed by atoms with Gasteiger partial charge in [0, 0.05) is 6.07 Å². The van der Waals surface area contributed by atoms with Crippen LogP contribution < -0.4 is 9.04 Å². The Labute approximate surface area is 135 Å². The van der Waals surface area contributed by atoms with E-state index in [-0.39, 0.29) is 4.90 Å². The van der Waals surface area contributed by atoms with Crippen molar-refractivity contribution in [3.63, 3.8) is 0 Å². The van der Waals surface area contributed by atoms with Crippen molar-refractivity contribution in [3.05, 3.63) is 54.6 Å². The Morgan fingerprint density at radius 1 is 1.04 bits per heavy atom. The highest BCUT2D eigenvalue weighted by atomic mass is 32.2. The number of sulfonamides is 1. The van der Waals surface area contributed by atoms with Gasteiger partial charge in [-0.25, -0.2) is 8.42 Å². The van der Waals surface area contributed by atoms with E-state index in [1.807, 2.05) is 0 Å². The topological polar surface area (TPSA) is 72.9 Å². The Morgan fingerprint density at radius 3 is 2.35 bits per heavy atom. The molecule has 6 nitrogen and oxygen atoms in total. The zero-order valence-corrected chi connectivity index (χ0v) is 13.6. The quantitative estimate of drug-likeness (QED) is 0.756. The van der Waals surface area contributed by atoms with Crippen molar-refractivity contribution in [1.82, 2.24) is 0 Å². The predicted molar refractivity (Wildman–Crippen MR) is 86.0 cm³/mol. The van der Waals surface area contributed by atoms with Gasteiger partial charge in [0.15, 0.2) is 0 Å². The van der Waals surface area contributed by atoms with Crippen LogP contribution in [0.3, 0.4) is 0 Å². The Hall–Kier alpha value is -2.54.